The van der Waals surface area contributed by atoms with Crippen LogP contribution >= 0.6 is 0 Å². The van der Waals surface area contributed by atoms with E-state index in [0.29, 0.717) is 29.0 Å². The van der Waals surface area contributed by atoms with Gasteiger partial charge in [0.15, 0.2) is 0 Å². The number of imide groups is 1. The van der Waals surface area contributed by atoms with Gasteiger partial charge in [-0.05, 0) is 19.4 Å². The SMILES string of the molecule is CCCCN1C(=O)C2C(c3ccc(OC)c(C)c3OC)NC(CC(=O)O)(C(=O)O)C2C1=O. The summed E-state index contributed by atoms with van der Waals surface area (Å²) in [5.74, 6) is -5.54. The standard InChI is InChI=1S/C22H28N2O8/c1-5-6-9-24-19(27)15-16(20(24)28)22(21(29)30,10-14(25)26)23-17(15)12-7-8-13(31-3)11(2)18(12)32-4/h7-8,15-17,23H,5-6,9-10H2,1-4H3,(H,25,26)(H,29,30). The van der Waals surface area contributed by atoms with Crippen LogP contribution < -0.4 is 14.8 Å². The number of rotatable bonds is 9. The summed E-state index contributed by atoms with van der Waals surface area (Å²) in [6, 6.07) is 2.38. The Hall–Kier alpha value is -3.14. The molecule has 4 unspecified atom stereocenters. The van der Waals surface area contributed by atoms with E-state index in [9.17, 15) is 29.4 Å². The summed E-state index contributed by atoms with van der Waals surface area (Å²) >= 11 is 0. The molecule has 174 valence electrons. The van der Waals surface area contributed by atoms with Gasteiger partial charge in [-0.15, -0.1) is 0 Å². The fraction of sp³-hybridized carbons (Fsp3) is 0.545. The molecule has 2 heterocycles. The summed E-state index contributed by atoms with van der Waals surface area (Å²) in [6.45, 7) is 3.83. The maximum absolute atomic E-state index is 13.4. The predicted octanol–water partition coefficient (Wildman–Crippen LogP) is 1.36. The van der Waals surface area contributed by atoms with Gasteiger partial charge in [-0.3, -0.25) is 29.4 Å². The minimum absolute atomic E-state index is 0.162. The van der Waals surface area contributed by atoms with Crippen molar-refractivity contribution in [3.8, 4) is 11.5 Å². The van der Waals surface area contributed by atoms with E-state index in [1.165, 1.54) is 14.2 Å². The zero-order valence-corrected chi connectivity index (χ0v) is 18.5. The van der Waals surface area contributed by atoms with Crippen LogP contribution in [-0.2, 0) is 19.2 Å². The number of likely N-dealkylation sites (tertiary alicyclic amines) is 1. The molecule has 3 rings (SSSR count). The number of aliphatic carboxylic acids is 2. The third-order valence-electron chi connectivity index (χ3n) is 6.44. The second kappa shape index (κ2) is 8.78. The molecule has 2 saturated heterocycles. The van der Waals surface area contributed by atoms with Gasteiger partial charge in [0.2, 0.25) is 11.8 Å². The maximum atomic E-state index is 13.4. The number of benzene rings is 1. The van der Waals surface area contributed by atoms with E-state index in [1.54, 1.807) is 19.1 Å². The number of hydrogen-bond donors (Lipinski definition) is 3. The third-order valence-corrected chi connectivity index (χ3v) is 6.44. The van der Waals surface area contributed by atoms with Crippen molar-refractivity contribution < 1.29 is 38.9 Å². The summed E-state index contributed by atoms with van der Waals surface area (Å²) in [7, 11) is 2.94. The van der Waals surface area contributed by atoms with E-state index >= 15 is 0 Å². The van der Waals surface area contributed by atoms with E-state index in [0.717, 1.165) is 11.3 Å². The average molecular weight is 448 g/mol. The van der Waals surface area contributed by atoms with Gasteiger partial charge < -0.3 is 19.7 Å². The Morgan fingerprint density at radius 1 is 1.16 bits per heavy atom. The van der Waals surface area contributed by atoms with E-state index in [2.05, 4.69) is 5.32 Å². The average Bonchev–Trinajstić information content (AvgIpc) is 3.20. The van der Waals surface area contributed by atoms with Crippen LogP contribution in [0.4, 0.5) is 0 Å². The number of ether oxygens (including phenoxy) is 2. The van der Waals surface area contributed by atoms with Crippen LogP contribution in [-0.4, -0.2) is 65.2 Å². The van der Waals surface area contributed by atoms with Gasteiger partial charge in [0, 0.05) is 23.7 Å². The number of fused-ring (bicyclic) bond motifs is 1. The minimum Gasteiger partial charge on any atom is -0.496 e. The summed E-state index contributed by atoms with van der Waals surface area (Å²) in [6.07, 6.45) is 0.454. The molecule has 2 amide bonds. The summed E-state index contributed by atoms with van der Waals surface area (Å²) in [5.41, 5.74) is -1.03. The molecule has 32 heavy (non-hydrogen) atoms. The maximum Gasteiger partial charge on any atom is 0.325 e. The van der Waals surface area contributed by atoms with Crippen LogP contribution in [0, 0.1) is 18.8 Å². The molecule has 2 fully saturated rings. The van der Waals surface area contributed by atoms with Crippen molar-refractivity contribution >= 4 is 23.8 Å². The lowest BCUT2D eigenvalue weighted by atomic mass is 9.77. The summed E-state index contributed by atoms with van der Waals surface area (Å²) in [4.78, 5) is 51.7. The Kier molecular flexibility index (Phi) is 6.45. The van der Waals surface area contributed by atoms with E-state index in [-0.39, 0.29) is 6.54 Å². The molecule has 1 aromatic carbocycles. The fourth-order valence-corrected chi connectivity index (χ4v) is 4.97. The summed E-state index contributed by atoms with van der Waals surface area (Å²) in [5, 5.41) is 22.4. The van der Waals surface area contributed by atoms with Crippen LogP contribution in [0.1, 0.15) is 43.4 Å². The van der Waals surface area contributed by atoms with E-state index < -0.39 is 53.6 Å². The first-order chi connectivity index (χ1) is 15.1. The Labute approximate surface area is 185 Å². The molecule has 0 spiro atoms. The van der Waals surface area contributed by atoms with Crippen molar-refractivity contribution in [2.45, 2.75) is 44.7 Å². The lowest BCUT2D eigenvalue weighted by Gasteiger charge is -2.30. The molecule has 0 saturated carbocycles. The number of carbonyl (C=O) groups is 4. The topological polar surface area (TPSA) is 142 Å². The highest BCUT2D eigenvalue weighted by Crippen LogP contribution is 2.52. The molecule has 10 heteroatoms. The van der Waals surface area contributed by atoms with Crippen molar-refractivity contribution in [1.29, 1.82) is 0 Å². The van der Waals surface area contributed by atoms with Crippen molar-refractivity contribution in [2.24, 2.45) is 11.8 Å². The van der Waals surface area contributed by atoms with Gasteiger partial charge in [0.1, 0.15) is 17.0 Å². The van der Waals surface area contributed by atoms with Crippen molar-refractivity contribution in [3.05, 3.63) is 23.3 Å². The number of unbranched alkanes of at least 4 members (excludes halogenated alkanes) is 1. The van der Waals surface area contributed by atoms with Crippen molar-refractivity contribution in [3.63, 3.8) is 0 Å². The van der Waals surface area contributed by atoms with Crippen LogP contribution in [0.2, 0.25) is 0 Å². The number of nitrogens with zero attached hydrogens (tertiary/aromatic N) is 1. The number of carbonyl (C=O) groups excluding carboxylic acids is 2. The van der Waals surface area contributed by atoms with Crippen LogP contribution in [0.15, 0.2) is 12.1 Å². The molecule has 0 aromatic heterocycles. The Bertz CT molecular complexity index is 961. The lowest BCUT2D eigenvalue weighted by Crippen LogP contribution is -2.57. The molecule has 4 atom stereocenters. The number of methoxy groups -OCH3 is 2. The first kappa shape index (κ1) is 23.5. The smallest absolute Gasteiger partial charge is 0.325 e. The minimum atomic E-state index is -2.13. The van der Waals surface area contributed by atoms with Gasteiger partial charge in [-0.25, -0.2) is 0 Å². The van der Waals surface area contributed by atoms with Gasteiger partial charge in [-0.1, -0.05) is 19.4 Å². The molecule has 2 aliphatic rings. The molecule has 3 N–H and O–H groups in total. The fourth-order valence-electron chi connectivity index (χ4n) is 4.97. The van der Waals surface area contributed by atoms with Gasteiger partial charge in [0.25, 0.3) is 0 Å². The van der Waals surface area contributed by atoms with Gasteiger partial charge in [-0.2, -0.15) is 0 Å². The number of amides is 2. The zero-order valence-electron chi connectivity index (χ0n) is 18.5. The predicted molar refractivity (Wildman–Crippen MR) is 111 cm³/mol. The molecule has 10 nitrogen and oxygen atoms in total. The highest BCUT2D eigenvalue weighted by Gasteiger charge is 2.69. The Morgan fingerprint density at radius 2 is 1.84 bits per heavy atom. The molecular formula is C22H28N2O8. The Balaban J connectivity index is 2.20. The lowest BCUT2D eigenvalue weighted by molar-refractivity contribution is -0.156. The van der Waals surface area contributed by atoms with Gasteiger partial charge in [0.05, 0.1) is 32.5 Å². The second-order valence-electron chi connectivity index (χ2n) is 8.17. The molecule has 0 aliphatic carbocycles. The van der Waals surface area contributed by atoms with Crippen LogP contribution in [0.5, 0.6) is 11.5 Å². The zero-order chi connectivity index (χ0) is 23.8. The number of carboxylic acids is 2. The highest BCUT2D eigenvalue weighted by atomic mass is 16.5. The van der Waals surface area contributed by atoms with Crippen molar-refractivity contribution in [1.82, 2.24) is 10.2 Å². The summed E-state index contributed by atoms with van der Waals surface area (Å²) < 4.78 is 10.9. The largest absolute Gasteiger partial charge is 0.496 e. The Morgan fingerprint density at radius 3 is 2.38 bits per heavy atom. The first-order valence-corrected chi connectivity index (χ1v) is 10.4. The molecule has 0 radical (unpaired) electrons. The van der Waals surface area contributed by atoms with Crippen molar-refractivity contribution in [2.75, 3.05) is 20.8 Å². The normalized spacial score (nSPS) is 26.9. The number of carboxylic acid groups (broad SMARTS) is 2. The number of hydrogen-bond acceptors (Lipinski definition) is 7. The highest BCUT2D eigenvalue weighted by molar-refractivity contribution is 6.10. The van der Waals surface area contributed by atoms with Gasteiger partial charge >= 0.3 is 11.9 Å². The van der Waals surface area contributed by atoms with E-state index in [4.69, 9.17) is 9.47 Å². The molecule has 1 aromatic rings. The third kappa shape index (κ3) is 3.48. The molecular weight excluding hydrogens is 420 g/mol. The van der Waals surface area contributed by atoms with Crippen LogP contribution in [0.3, 0.4) is 0 Å². The quantitative estimate of drug-likeness (QED) is 0.477. The monoisotopic (exact) mass is 448 g/mol. The molecule has 2 aliphatic heterocycles. The second-order valence-corrected chi connectivity index (χ2v) is 8.17. The van der Waals surface area contributed by atoms with E-state index in [1.807, 2.05) is 6.92 Å². The first-order valence-electron chi connectivity index (χ1n) is 10.4. The van der Waals surface area contributed by atoms with Crippen LogP contribution in [0.25, 0.3) is 0 Å². The molecule has 0 bridgehead atoms. The number of nitrogens with one attached hydrogen (secondary N) is 1.